The predicted molar refractivity (Wildman–Crippen MR) is 136 cm³/mol. The van der Waals surface area contributed by atoms with Gasteiger partial charge >= 0.3 is 6.09 Å². The Morgan fingerprint density at radius 3 is 2.13 bits per heavy atom. The fourth-order valence-electron chi connectivity index (χ4n) is 4.11. The van der Waals surface area contributed by atoms with Crippen LogP contribution in [0.2, 0.25) is 0 Å². The molecule has 0 spiro atoms. The summed E-state index contributed by atoms with van der Waals surface area (Å²) in [5, 5.41) is 47.5. The lowest BCUT2D eigenvalue weighted by Crippen LogP contribution is -2.65. The van der Waals surface area contributed by atoms with Crippen molar-refractivity contribution in [3.05, 3.63) is 35.9 Å². The zero-order valence-electron chi connectivity index (χ0n) is 22.3. The van der Waals surface area contributed by atoms with E-state index >= 15 is 0 Å². The Hall–Kier alpha value is -2.77. The van der Waals surface area contributed by atoms with Crippen LogP contribution >= 0.6 is 0 Å². The smallest absolute Gasteiger partial charge is 0.408 e. The molecule has 0 aliphatic carbocycles. The summed E-state index contributed by atoms with van der Waals surface area (Å²) in [5.74, 6) is -3.81. The van der Waals surface area contributed by atoms with E-state index < -0.39 is 67.2 Å². The van der Waals surface area contributed by atoms with Crippen molar-refractivity contribution in [1.82, 2.24) is 16.0 Å². The second-order valence-corrected chi connectivity index (χ2v) is 10.5. The van der Waals surface area contributed by atoms with E-state index in [0.29, 0.717) is 0 Å². The molecule has 38 heavy (non-hydrogen) atoms. The molecule has 0 radical (unpaired) electrons. The Bertz CT molecular complexity index is 914. The van der Waals surface area contributed by atoms with Crippen LogP contribution in [0.1, 0.15) is 52.5 Å². The van der Waals surface area contributed by atoms with E-state index in [0.717, 1.165) is 5.56 Å². The zero-order valence-corrected chi connectivity index (χ0v) is 22.3. The summed E-state index contributed by atoms with van der Waals surface area (Å²) in [6.45, 7) is 6.75. The first-order valence-corrected chi connectivity index (χ1v) is 12.8. The van der Waals surface area contributed by atoms with Gasteiger partial charge in [0.2, 0.25) is 11.8 Å². The standard InChI is InChI=1S/C26H41N3O9/c1-15(2)10-18(28-25(35)37-14-17-8-6-5-7-9-17)23(33)27-19(11-16(3)4)24(34)29-26(36)12-20(31)22(32)21(13-30)38-26/h5-9,15-16,18-22,30-32,36H,10-14H2,1-4H3,(H,27,33)(H,28,35)(H,29,34)/t18-,19-,20+,21+,22-,26-/m0/s1. The van der Waals surface area contributed by atoms with Gasteiger partial charge in [-0.2, -0.15) is 0 Å². The van der Waals surface area contributed by atoms with E-state index in [2.05, 4.69) is 16.0 Å². The number of carbonyl (C=O) groups is 3. The van der Waals surface area contributed by atoms with E-state index in [1.165, 1.54) is 0 Å². The molecule has 12 heteroatoms. The molecule has 6 atom stereocenters. The van der Waals surface area contributed by atoms with Gasteiger partial charge in [-0.05, 0) is 30.2 Å². The van der Waals surface area contributed by atoms with Gasteiger partial charge in [-0.25, -0.2) is 4.79 Å². The quantitative estimate of drug-likeness (QED) is 0.181. The Morgan fingerprint density at radius 1 is 1.00 bits per heavy atom. The molecule has 3 amide bonds. The molecular formula is C26H41N3O9. The minimum absolute atomic E-state index is 0.0229. The number of alkyl carbamates (subject to hydrolysis) is 1. The summed E-state index contributed by atoms with van der Waals surface area (Å²) in [7, 11) is 0. The third-order valence-corrected chi connectivity index (χ3v) is 5.97. The predicted octanol–water partition coefficient (Wildman–Crippen LogP) is 0.124. The highest BCUT2D eigenvalue weighted by atomic mass is 16.7. The van der Waals surface area contributed by atoms with Gasteiger partial charge < -0.3 is 45.9 Å². The van der Waals surface area contributed by atoms with Crippen LogP contribution < -0.4 is 16.0 Å². The molecule has 7 N–H and O–H groups in total. The number of amides is 3. The van der Waals surface area contributed by atoms with E-state index in [4.69, 9.17) is 9.47 Å². The SMILES string of the molecule is CC(C)C[C@H](NC(=O)OCc1ccccc1)C(=O)N[C@@H](CC(C)C)C(=O)N[C@]1(O)C[C@@H](O)[C@H](O)[C@@H](CO)O1. The monoisotopic (exact) mass is 539 g/mol. The molecule has 1 aromatic rings. The van der Waals surface area contributed by atoms with Crippen LogP contribution in [0.5, 0.6) is 0 Å². The first kappa shape index (κ1) is 31.4. The highest BCUT2D eigenvalue weighted by molar-refractivity contribution is 5.91. The molecule has 1 saturated heterocycles. The van der Waals surface area contributed by atoms with Crippen LogP contribution in [0.25, 0.3) is 0 Å². The van der Waals surface area contributed by atoms with Crippen LogP contribution in [0, 0.1) is 11.8 Å². The maximum atomic E-state index is 13.2. The normalized spacial score (nSPS) is 24.9. The summed E-state index contributed by atoms with van der Waals surface area (Å²) < 4.78 is 10.5. The van der Waals surface area contributed by atoms with Gasteiger partial charge in [-0.1, -0.05) is 58.0 Å². The molecule has 12 nitrogen and oxygen atoms in total. The first-order valence-electron chi connectivity index (χ1n) is 12.8. The number of aliphatic hydroxyl groups is 4. The van der Waals surface area contributed by atoms with E-state index in [1.54, 1.807) is 12.1 Å². The second-order valence-electron chi connectivity index (χ2n) is 10.5. The average molecular weight is 540 g/mol. The molecule has 0 saturated carbocycles. The van der Waals surface area contributed by atoms with Crippen molar-refractivity contribution < 1.29 is 44.3 Å². The lowest BCUT2D eigenvalue weighted by Gasteiger charge is -2.42. The summed E-state index contributed by atoms with van der Waals surface area (Å²) in [5.41, 5.74) is 0.783. The third kappa shape index (κ3) is 9.84. The van der Waals surface area contributed by atoms with Crippen LogP contribution in [-0.2, 0) is 25.7 Å². The minimum Gasteiger partial charge on any atom is -0.445 e. The van der Waals surface area contributed by atoms with Crippen molar-refractivity contribution in [2.24, 2.45) is 11.8 Å². The third-order valence-electron chi connectivity index (χ3n) is 5.97. The molecule has 1 aliphatic heterocycles. The summed E-state index contributed by atoms with van der Waals surface area (Å²) in [4.78, 5) is 38.7. The topological polar surface area (TPSA) is 187 Å². The molecule has 1 fully saturated rings. The average Bonchev–Trinajstić information content (AvgIpc) is 2.84. The first-order chi connectivity index (χ1) is 17.8. The molecule has 1 aliphatic rings. The molecule has 0 bridgehead atoms. The van der Waals surface area contributed by atoms with E-state index in [1.807, 2.05) is 45.9 Å². The second kappa shape index (κ2) is 14.4. The number of hydrogen-bond donors (Lipinski definition) is 7. The molecule has 1 aromatic carbocycles. The molecule has 2 rings (SSSR count). The highest BCUT2D eigenvalue weighted by Gasteiger charge is 2.47. The van der Waals surface area contributed by atoms with Gasteiger partial charge in [0.05, 0.1) is 19.1 Å². The zero-order chi connectivity index (χ0) is 28.5. The molecule has 0 unspecified atom stereocenters. The van der Waals surface area contributed by atoms with Crippen molar-refractivity contribution in [2.45, 2.75) is 89.9 Å². The van der Waals surface area contributed by atoms with Crippen LogP contribution in [0.4, 0.5) is 4.79 Å². The molecule has 214 valence electrons. The lowest BCUT2D eigenvalue weighted by molar-refractivity contribution is -0.315. The summed E-state index contributed by atoms with van der Waals surface area (Å²) in [6.07, 6.45) is -5.12. The van der Waals surface area contributed by atoms with Crippen LogP contribution in [0.15, 0.2) is 30.3 Å². The van der Waals surface area contributed by atoms with Crippen LogP contribution in [-0.4, -0.2) is 81.2 Å². The molecular weight excluding hydrogens is 498 g/mol. The number of ether oxygens (including phenoxy) is 2. The van der Waals surface area contributed by atoms with Gasteiger partial charge in [0.1, 0.15) is 30.9 Å². The van der Waals surface area contributed by atoms with E-state index in [-0.39, 0.29) is 31.3 Å². The highest BCUT2D eigenvalue weighted by Crippen LogP contribution is 2.26. The lowest BCUT2D eigenvalue weighted by atomic mass is 9.98. The van der Waals surface area contributed by atoms with Gasteiger partial charge in [0.15, 0.2) is 0 Å². The van der Waals surface area contributed by atoms with Gasteiger partial charge in [-0.3, -0.25) is 9.59 Å². The number of nitrogens with one attached hydrogen (secondary N) is 3. The summed E-state index contributed by atoms with van der Waals surface area (Å²) >= 11 is 0. The molecule has 1 heterocycles. The number of aliphatic hydroxyl groups excluding tert-OH is 3. The van der Waals surface area contributed by atoms with Gasteiger partial charge in [0, 0.05) is 0 Å². The summed E-state index contributed by atoms with van der Waals surface area (Å²) in [6, 6.07) is 6.95. The van der Waals surface area contributed by atoms with Gasteiger partial charge in [0.25, 0.3) is 5.91 Å². The largest absolute Gasteiger partial charge is 0.445 e. The van der Waals surface area contributed by atoms with Crippen molar-refractivity contribution in [3.63, 3.8) is 0 Å². The Balaban J connectivity index is 2.08. The number of benzene rings is 1. The number of rotatable bonds is 12. The fraction of sp³-hybridized carbons (Fsp3) is 0.654. The maximum Gasteiger partial charge on any atom is 0.408 e. The Kier molecular flexibility index (Phi) is 11.9. The Morgan fingerprint density at radius 2 is 1.58 bits per heavy atom. The van der Waals surface area contributed by atoms with Crippen molar-refractivity contribution in [1.29, 1.82) is 0 Å². The van der Waals surface area contributed by atoms with Crippen molar-refractivity contribution >= 4 is 17.9 Å². The maximum absolute atomic E-state index is 13.2. The van der Waals surface area contributed by atoms with Gasteiger partial charge in [-0.15, -0.1) is 0 Å². The van der Waals surface area contributed by atoms with E-state index in [9.17, 15) is 34.8 Å². The van der Waals surface area contributed by atoms with Crippen molar-refractivity contribution in [3.8, 4) is 0 Å². The fourth-order valence-corrected chi connectivity index (χ4v) is 4.11. The number of hydrogen-bond acceptors (Lipinski definition) is 9. The Labute approximate surface area is 222 Å². The number of carbonyl (C=O) groups excluding carboxylic acids is 3. The van der Waals surface area contributed by atoms with Crippen LogP contribution in [0.3, 0.4) is 0 Å². The van der Waals surface area contributed by atoms with Crippen molar-refractivity contribution in [2.75, 3.05) is 6.61 Å². The minimum atomic E-state index is -2.38. The molecule has 0 aromatic heterocycles.